The normalized spacial score (nSPS) is 10.1. The minimum atomic E-state index is -1.22. The van der Waals surface area contributed by atoms with E-state index in [1.807, 2.05) is 24.3 Å². The van der Waals surface area contributed by atoms with Gasteiger partial charge in [-0.3, -0.25) is 0 Å². The van der Waals surface area contributed by atoms with Crippen molar-refractivity contribution in [3.8, 4) is 0 Å². The molecule has 0 radical (unpaired) electrons. The van der Waals surface area contributed by atoms with Crippen LogP contribution in [0.15, 0.2) is 42.6 Å². The van der Waals surface area contributed by atoms with E-state index in [1.54, 1.807) is 6.07 Å². The first-order valence-electron chi connectivity index (χ1n) is 5.73. The molecule has 18 heavy (non-hydrogen) atoms. The van der Waals surface area contributed by atoms with Gasteiger partial charge in [-0.2, -0.15) is 0 Å². The van der Waals surface area contributed by atoms with Crippen molar-refractivity contribution >= 4 is 17.5 Å². The molecule has 0 aliphatic rings. The summed E-state index contributed by atoms with van der Waals surface area (Å²) in [6, 6.07) is 11.0. The molecule has 0 unspecified atom stereocenters. The van der Waals surface area contributed by atoms with Crippen LogP contribution in [0.25, 0.3) is 0 Å². The molecule has 1 aromatic heterocycles. The van der Waals surface area contributed by atoms with Crippen LogP contribution in [0.1, 0.15) is 22.8 Å². The molecule has 0 fully saturated rings. The molecule has 2 aromatic rings. The Labute approximate surface area is 105 Å². The maximum absolute atomic E-state index is 10.6. The predicted octanol–water partition coefficient (Wildman–Crippen LogP) is 1.75. The first-order chi connectivity index (χ1) is 8.70. The number of nitrogens with zero attached hydrogens (tertiary/aromatic N) is 1. The summed E-state index contributed by atoms with van der Waals surface area (Å²) >= 11 is 0. The van der Waals surface area contributed by atoms with Gasteiger partial charge in [0.05, 0.1) is 5.97 Å². The highest BCUT2D eigenvalue weighted by molar-refractivity contribution is 5.85. The number of para-hydroxylation sites is 1. The largest absolute Gasteiger partial charge is 0.545 e. The number of hydrogen-bond donors (Lipinski definition) is 1. The lowest BCUT2D eigenvalue weighted by molar-refractivity contribution is -0.255. The average Bonchev–Trinajstić information content (AvgIpc) is 2.40. The van der Waals surface area contributed by atoms with Gasteiger partial charge in [-0.05, 0) is 30.2 Å². The molecule has 1 N–H and O–H groups in total. The number of aromatic carboxylic acids is 1. The van der Waals surface area contributed by atoms with Gasteiger partial charge in [0.15, 0.2) is 0 Å². The molecule has 1 aromatic carbocycles. The second-order valence-electron chi connectivity index (χ2n) is 3.86. The Morgan fingerprint density at radius 1 is 1.28 bits per heavy atom. The quantitative estimate of drug-likeness (QED) is 0.885. The third kappa shape index (κ3) is 2.66. The van der Waals surface area contributed by atoms with E-state index in [4.69, 9.17) is 0 Å². The number of anilines is 2. The summed E-state index contributed by atoms with van der Waals surface area (Å²) in [4.78, 5) is 14.6. The predicted molar refractivity (Wildman–Crippen MR) is 67.7 cm³/mol. The summed E-state index contributed by atoms with van der Waals surface area (Å²) in [7, 11) is 0. The van der Waals surface area contributed by atoms with Crippen molar-refractivity contribution in [1.82, 2.24) is 4.98 Å². The SMILES string of the molecule is CCc1ccccc1Nc1ccc(C(=O)[O-])cn1. The van der Waals surface area contributed by atoms with E-state index in [2.05, 4.69) is 17.2 Å². The van der Waals surface area contributed by atoms with E-state index in [1.165, 1.54) is 17.8 Å². The topological polar surface area (TPSA) is 65.0 Å². The monoisotopic (exact) mass is 241 g/mol. The molecule has 0 bridgehead atoms. The molecular weight excluding hydrogens is 228 g/mol. The van der Waals surface area contributed by atoms with Crippen LogP contribution in [0.2, 0.25) is 0 Å². The van der Waals surface area contributed by atoms with Gasteiger partial charge in [0.25, 0.3) is 0 Å². The Balaban J connectivity index is 2.21. The summed E-state index contributed by atoms with van der Waals surface area (Å²) in [5, 5.41) is 13.8. The standard InChI is InChI=1S/C14H14N2O2/c1-2-10-5-3-4-6-12(10)16-13-8-7-11(9-15-13)14(17)18/h3-9H,2H2,1H3,(H,15,16)(H,17,18)/p-1. The minimum Gasteiger partial charge on any atom is -0.545 e. The fourth-order valence-corrected chi connectivity index (χ4v) is 1.68. The van der Waals surface area contributed by atoms with Gasteiger partial charge in [0.2, 0.25) is 0 Å². The summed E-state index contributed by atoms with van der Waals surface area (Å²) in [6.07, 6.45) is 2.20. The second-order valence-corrected chi connectivity index (χ2v) is 3.86. The number of pyridine rings is 1. The number of carboxylic acids is 1. The lowest BCUT2D eigenvalue weighted by atomic mass is 10.1. The number of carbonyl (C=O) groups excluding carboxylic acids is 1. The zero-order valence-electron chi connectivity index (χ0n) is 10.0. The number of carbonyl (C=O) groups is 1. The van der Waals surface area contributed by atoms with Crippen LogP contribution in [-0.4, -0.2) is 11.0 Å². The van der Waals surface area contributed by atoms with Gasteiger partial charge >= 0.3 is 0 Å². The first kappa shape index (κ1) is 12.1. The third-order valence-electron chi connectivity index (χ3n) is 2.66. The van der Waals surface area contributed by atoms with E-state index in [-0.39, 0.29) is 5.56 Å². The minimum absolute atomic E-state index is 0.0735. The van der Waals surface area contributed by atoms with Gasteiger partial charge in [-0.15, -0.1) is 0 Å². The van der Waals surface area contributed by atoms with Crippen LogP contribution in [0.3, 0.4) is 0 Å². The first-order valence-corrected chi connectivity index (χ1v) is 5.73. The van der Waals surface area contributed by atoms with Crippen LogP contribution in [0.5, 0.6) is 0 Å². The summed E-state index contributed by atoms with van der Waals surface area (Å²) < 4.78 is 0. The number of aromatic nitrogens is 1. The van der Waals surface area contributed by atoms with E-state index in [0.29, 0.717) is 5.82 Å². The smallest absolute Gasteiger partial charge is 0.130 e. The van der Waals surface area contributed by atoms with Crippen molar-refractivity contribution in [3.05, 3.63) is 53.7 Å². The fraction of sp³-hybridized carbons (Fsp3) is 0.143. The van der Waals surface area contributed by atoms with Crippen molar-refractivity contribution in [2.75, 3.05) is 5.32 Å². The van der Waals surface area contributed by atoms with E-state index in [9.17, 15) is 9.90 Å². The number of carboxylic acid groups (broad SMARTS) is 1. The van der Waals surface area contributed by atoms with Crippen molar-refractivity contribution < 1.29 is 9.90 Å². The Bertz CT molecular complexity index is 550. The summed E-state index contributed by atoms with van der Waals surface area (Å²) in [6.45, 7) is 2.08. The molecule has 0 amide bonds. The van der Waals surface area contributed by atoms with Crippen LogP contribution in [-0.2, 0) is 6.42 Å². The number of nitrogens with one attached hydrogen (secondary N) is 1. The zero-order valence-corrected chi connectivity index (χ0v) is 10.0. The number of benzene rings is 1. The molecule has 0 saturated carbocycles. The van der Waals surface area contributed by atoms with Crippen molar-refractivity contribution in [2.24, 2.45) is 0 Å². The molecule has 4 nitrogen and oxygen atoms in total. The lowest BCUT2D eigenvalue weighted by Gasteiger charge is -2.10. The highest BCUT2D eigenvalue weighted by atomic mass is 16.4. The summed E-state index contributed by atoms with van der Waals surface area (Å²) in [5.74, 6) is -0.607. The zero-order chi connectivity index (χ0) is 13.0. The lowest BCUT2D eigenvalue weighted by Crippen LogP contribution is -2.22. The van der Waals surface area contributed by atoms with E-state index in [0.717, 1.165) is 12.1 Å². The van der Waals surface area contributed by atoms with Crippen molar-refractivity contribution in [3.63, 3.8) is 0 Å². The molecule has 0 atom stereocenters. The average molecular weight is 241 g/mol. The van der Waals surface area contributed by atoms with Gasteiger partial charge in [-0.1, -0.05) is 25.1 Å². The maximum Gasteiger partial charge on any atom is 0.130 e. The van der Waals surface area contributed by atoms with Gasteiger partial charge in [0.1, 0.15) is 5.82 Å². The van der Waals surface area contributed by atoms with E-state index >= 15 is 0 Å². The molecule has 1 heterocycles. The maximum atomic E-state index is 10.6. The Hall–Kier alpha value is -2.36. The summed E-state index contributed by atoms with van der Waals surface area (Å²) in [5.41, 5.74) is 2.24. The third-order valence-corrected chi connectivity index (χ3v) is 2.66. The van der Waals surface area contributed by atoms with Crippen LogP contribution >= 0.6 is 0 Å². The molecule has 0 saturated heterocycles. The molecule has 0 spiro atoms. The fourth-order valence-electron chi connectivity index (χ4n) is 1.68. The molecular formula is C14H13N2O2-. The van der Waals surface area contributed by atoms with E-state index < -0.39 is 5.97 Å². The van der Waals surface area contributed by atoms with Gasteiger partial charge in [0, 0.05) is 17.4 Å². The van der Waals surface area contributed by atoms with Crippen molar-refractivity contribution in [1.29, 1.82) is 0 Å². The Kier molecular flexibility index (Phi) is 3.57. The molecule has 0 aliphatic carbocycles. The highest BCUT2D eigenvalue weighted by Gasteiger charge is 2.01. The number of aryl methyl sites for hydroxylation is 1. The Morgan fingerprint density at radius 2 is 2.06 bits per heavy atom. The van der Waals surface area contributed by atoms with Crippen LogP contribution < -0.4 is 10.4 Å². The van der Waals surface area contributed by atoms with Crippen LogP contribution in [0.4, 0.5) is 11.5 Å². The molecule has 92 valence electrons. The van der Waals surface area contributed by atoms with Crippen molar-refractivity contribution in [2.45, 2.75) is 13.3 Å². The molecule has 4 heteroatoms. The molecule has 0 aliphatic heterocycles. The second kappa shape index (κ2) is 5.31. The van der Waals surface area contributed by atoms with Crippen LogP contribution in [0, 0.1) is 0 Å². The van der Waals surface area contributed by atoms with Gasteiger partial charge < -0.3 is 15.2 Å². The number of rotatable bonds is 4. The molecule has 2 rings (SSSR count). The van der Waals surface area contributed by atoms with Gasteiger partial charge in [-0.25, -0.2) is 4.98 Å². The highest BCUT2D eigenvalue weighted by Crippen LogP contribution is 2.19. The number of hydrogen-bond acceptors (Lipinski definition) is 4. The Morgan fingerprint density at radius 3 is 2.67 bits per heavy atom.